The number of carbonyl (C=O) groups is 1. The van der Waals surface area contributed by atoms with Gasteiger partial charge in [-0.1, -0.05) is 18.2 Å². The molecule has 0 unspecified atom stereocenters. The van der Waals surface area contributed by atoms with Crippen molar-refractivity contribution in [2.24, 2.45) is 0 Å². The summed E-state index contributed by atoms with van der Waals surface area (Å²) >= 11 is 5.22. The van der Waals surface area contributed by atoms with Crippen molar-refractivity contribution in [3.63, 3.8) is 0 Å². The summed E-state index contributed by atoms with van der Waals surface area (Å²) in [4.78, 5) is 17.9. The molecule has 1 aliphatic rings. The lowest BCUT2D eigenvalue weighted by atomic mass is 9.96. The van der Waals surface area contributed by atoms with Crippen molar-refractivity contribution in [2.75, 3.05) is 5.32 Å². The summed E-state index contributed by atoms with van der Waals surface area (Å²) in [5.74, 6) is 0.828. The predicted octanol–water partition coefficient (Wildman–Crippen LogP) is 4.17. The summed E-state index contributed by atoms with van der Waals surface area (Å²) in [6.45, 7) is 0. The predicted molar refractivity (Wildman–Crippen MR) is 90.7 cm³/mol. The van der Waals surface area contributed by atoms with Gasteiger partial charge in [0.1, 0.15) is 12.1 Å². The Bertz CT molecular complexity index is 841. The number of halogens is 1. The minimum absolute atomic E-state index is 0.0275. The molecule has 1 aromatic carbocycles. The normalized spacial score (nSPS) is 17.1. The van der Waals surface area contributed by atoms with Crippen LogP contribution in [0.3, 0.4) is 0 Å². The number of carbonyl (C=O) groups excluding carboxylic acids is 1. The zero-order valence-electron chi connectivity index (χ0n) is 11.5. The van der Waals surface area contributed by atoms with E-state index in [1.54, 1.807) is 17.7 Å². The van der Waals surface area contributed by atoms with Gasteiger partial charge in [-0.25, -0.2) is 4.98 Å². The minimum atomic E-state index is 0.0275. The van der Waals surface area contributed by atoms with Gasteiger partial charge in [-0.2, -0.15) is 0 Å². The minimum Gasteiger partial charge on any atom is -0.310 e. The Morgan fingerprint density at radius 3 is 2.91 bits per heavy atom. The first-order valence-corrected chi connectivity index (χ1v) is 8.56. The summed E-state index contributed by atoms with van der Waals surface area (Å²) in [5.41, 5.74) is 1.89. The van der Waals surface area contributed by atoms with E-state index in [9.17, 15) is 4.79 Å². The van der Waals surface area contributed by atoms with Crippen molar-refractivity contribution < 1.29 is 4.79 Å². The molecule has 6 heteroatoms. The van der Waals surface area contributed by atoms with E-state index >= 15 is 0 Å². The maximum atomic E-state index is 12.1. The molecule has 110 valence electrons. The van der Waals surface area contributed by atoms with Gasteiger partial charge in [-0.3, -0.25) is 9.36 Å². The molecule has 0 bridgehead atoms. The molecule has 22 heavy (non-hydrogen) atoms. The fourth-order valence-electron chi connectivity index (χ4n) is 2.76. The van der Waals surface area contributed by atoms with Gasteiger partial charge in [-0.15, -0.1) is 11.3 Å². The van der Waals surface area contributed by atoms with Crippen LogP contribution in [0.2, 0.25) is 0 Å². The first kappa shape index (κ1) is 13.7. The van der Waals surface area contributed by atoms with E-state index in [-0.39, 0.29) is 11.8 Å². The van der Waals surface area contributed by atoms with E-state index in [0.717, 1.165) is 21.7 Å². The highest BCUT2D eigenvalue weighted by Crippen LogP contribution is 2.39. The third-order valence-electron chi connectivity index (χ3n) is 3.77. The van der Waals surface area contributed by atoms with Crippen LogP contribution in [0.4, 0.5) is 5.82 Å². The number of thiophene rings is 1. The highest BCUT2D eigenvalue weighted by molar-refractivity contribution is 9.10. The molecule has 0 radical (unpaired) electrons. The van der Waals surface area contributed by atoms with Crippen LogP contribution < -0.4 is 5.32 Å². The highest BCUT2D eigenvalue weighted by atomic mass is 79.9. The number of hydrogen-bond donors (Lipinski definition) is 1. The van der Waals surface area contributed by atoms with Gasteiger partial charge < -0.3 is 5.32 Å². The molecule has 1 aliphatic heterocycles. The Kier molecular flexibility index (Phi) is 3.35. The van der Waals surface area contributed by atoms with Crippen LogP contribution >= 0.6 is 27.3 Å². The number of nitrogens with one attached hydrogen (secondary N) is 1. The van der Waals surface area contributed by atoms with E-state index in [1.807, 2.05) is 40.3 Å². The van der Waals surface area contributed by atoms with Gasteiger partial charge in [0.2, 0.25) is 5.91 Å². The third kappa shape index (κ3) is 2.19. The van der Waals surface area contributed by atoms with Gasteiger partial charge in [0.25, 0.3) is 0 Å². The molecule has 1 atom stereocenters. The second-order valence-electron chi connectivity index (χ2n) is 5.12. The number of imidazole rings is 1. The first-order valence-electron chi connectivity index (χ1n) is 6.89. The Labute approximate surface area is 139 Å². The lowest BCUT2D eigenvalue weighted by Crippen LogP contribution is -2.24. The molecule has 0 aliphatic carbocycles. The molecule has 4 rings (SSSR count). The summed E-state index contributed by atoms with van der Waals surface area (Å²) < 4.78 is 2.89. The number of para-hydroxylation sites is 1. The molecule has 0 fully saturated rings. The van der Waals surface area contributed by atoms with Gasteiger partial charge in [0.05, 0.1) is 11.4 Å². The number of nitrogens with zero attached hydrogens (tertiary/aromatic N) is 2. The van der Waals surface area contributed by atoms with Gasteiger partial charge >= 0.3 is 0 Å². The zero-order valence-corrected chi connectivity index (χ0v) is 13.9. The molecule has 0 spiro atoms. The van der Waals surface area contributed by atoms with Crippen LogP contribution in [-0.2, 0) is 4.79 Å². The van der Waals surface area contributed by atoms with Gasteiger partial charge in [0, 0.05) is 21.7 Å². The number of hydrogen-bond acceptors (Lipinski definition) is 3. The van der Waals surface area contributed by atoms with Crippen molar-refractivity contribution in [3.05, 3.63) is 63.1 Å². The van der Waals surface area contributed by atoms with Crippen molar-refractivity contribution in [3.8, 4) is 5.69 Å². The van der Waals surface area contributed by atoms with Crippen molar-refractivity contribution in [2.45, 2.75) is 12.3 Å². The number of amides is 1. The lowest BCUT2D eigenvalue weighted by Gasteiger charge is -2.22. The fourth-order valence-corrected chi connectivity index (χ4v) is 4.07. The van der Waals surface area contributed by atoms with Crippen LogP contribution in [0, 0.1) is 0 Å². The van der Waals surface area contributed by atoms with E-state index in [2.05, 4.69) is 32.3 Å². The fraction of sp³-hybridized carbons (Fsp3) is 0.125. The quantitative estimate of drug-likeness (QED) is 0.732. The topological polar surface area (TPSA) is 46.9 Å². The summed E-state index contributed by atoms with van der Waals surface area (Å²) in [5, 5.41) is 5.01. The Hall–Kier alpha value is -1.92. The standard InChI is InChI=1S/C16H12BrN3OS/c17-11-4-1-2-5-12(11)20-9-18-15-10(13-6-3-7-22-13)8-14(21)19-16(15)20/h1-7,9-10H,8H2,(H,19,21)/t10-/m0/s1. The van der Waals surface area contributed by atoms with Gasteiger partial charge in [0.15, 0.2) is 0 Å². The maximum Gasteiger partial charge on any atom is 0.226 e. The summed E-state index contributed by atoms with van der Waals surface area (Å²) in [7, 11) is 0. The Balaban J connectivity index is 1.86. The van der Waals surface area contributed by atoms with Crippen LogP contribution in [-0.4, -0.2) is 15.5 Å². The van der Waals surface area contributed by atoms with E-state index in [0.29, 0.717) is 6.42 Å². The number of benzene rings is 1. The molecule has 1 N–H and O–H groups in total. The molecule has 2 aromatic heterocycles. The van der Waals surface area contributed by atoms with Crippen LogP contribution in [0.15, 0.2) is 52.6 Å². The van der Waals surface area contributed by atoms with E-state index in [1.165, 1.54) is 4.88 Å². The summed E-state index contributed by atoms with van der Waals surface area (Å²) in [6.07, 6.45) is 2.22. The van der Waals surface area contributed by atoms with Crippen LogP contribution in [0.1, 0.15) is 22.9 Å². The average molecular weight is 374 g/mol. The molecule has 3 aromatic rings. The first-order chi connectivity index (χ1) is 10.7. The molecular formula is C16H12BrN3OS. The molecule has 4 nitrogen and oxygen atoms in total. The molecule has 0 saturated heterocycles. The summed E-state index contributed by atoms with van der Waals surface area (Å²) in [6, 6.07) is 12.0. The largest absolute Gasteiger partial charge is 0.310 e. The Morgan fingerprint density at radius 1 is 1.27 bits per heavy atom. The van der Waals surface area contributed by atoms with Crippen molar-refractivity contribution in [1.29, 1.82) is 0 Å². The number of fused-ring (bicyclic) bond motifs is 1. The second-order valence-corrected chi connectivity index (χ2v) is 6.95. The molecular weight excluding hydrogens is 362 g/mol. The van der Waals surface area contributed by atoms with Crippen LogP contribution in [0.5, 0.6) is 0 Å². The Morgan fingerprint density at radius 2 is 2.14 bits per heavy atom. The number of aromatic nitrogens is 2. The second kappa shape index (κ2) is 5.37. The number of anilines is 1. The zero-order chi connectivity index (χ0) is 15.1. The third-order valence-corrected chi connectivity index (χ3v) is 5.43. The molecule has 1 amide bonds. The van der Waals surface area contributed by atoms with Gasteiger partial charge in [-0.05, 0) is 39.5 Å². The van der Waals surface area contributed by atoms with E-state index in [4.69, 9.17) is 0 Å². The highest BCUT2D eigenvalue weighted by Gasteiger charge is 2.31. The van der Waals surface area contributed by atoms with E-state index < -0.39 is 0 Å². The maximum absolute atomic E-state index is 12.1. The van der Waals surface area contributed by atoms with Crippen LogP contribution in [0.25, 0.3) is 5.69 Å². The number of rotatable bonds is 2. The van der Waals surface area contributed by atoms with Crippen molar-refractivity contribution in [1.82, 2.24) is 9.55 Å². The van der Waals surface area contributed by atoms with Crippen molar-refractivity contribution >= 4 is 39.0 Å². The molecule has 0 saturated carbocycles. The molecule has 3 heterocycles. The SMILES string of the molecule is O=C1C[C@@H](c2cccs2)c2ncn(-c3ccccc3Br)c2N1. The lowest BCUT2D eigenvalue weighted by molar-refractivity contribution is -0.116. The average Bonchev–Trinajstić information content (AvgIpc) is 3.16. The monoisotopic (exact) mass is 373 g/mol. The smallest absolute Gasteiger partial charge is 0.226 e.